The van der Waals surface area contributed by atoms with E-state index in [1.165, 1.54) is 7.11 Å². The van der Waals surface area contributed by atoms with E-state index in [0.717, 1.165) is 6.29 Å². The molecule has 4 aliphatic heterocycles. The van der Waals surface area contributed by atoms with E-state index in [-0.39, 0.29) is 50.2 Å². The maximum absolute atomic E-state index is 13.4. The van der Waals surface area contributed by atoms with E-state index in [1.54, 1.807) is 65.8 Å². The number of hydrogen-bond acceptors (Lipinski definition) is 17. The van der Waals surface area contributed by atoms with Crippen molar-refractivity contribution < 1.29 is 77.1 Å². The van der Waals surface area contributed by atoms with Gasteiger partial charge in [-0.05, 0) is 66.0 Å². The average Bonchev–Trinajstić information content (AvgIpc) is 3.89. The first kappa shape index (κ1) is 50.1. The van der Waals surface area contributed by atoms with Crippen LogP contribution in [0.1, 0.15) is 100 Å². The number of cyclic esters (lactones) is 1. The first-order valence-electron chi connectivity index (χ1n) is 21.4. The Morgan fingerprint density at radius 3 is 2.27 bits per heavy atom. The fraction of sp³-hybridized carbons (Fsp3) is 0.860. The second kappa shape index (κ2) is 22.2. The molecule has 0 aliphatic carbocycles. The Bertz CT molecular complexity index is 1440. The molecule has 0 amide bonds. The van der Waals surface area contributed by atoms with Gasteiger partial charge >= 0.3 is 17.9 Å². The normalized spacial score (nSPS) is 42.5. The van der Waals surface area contributed by atoms with Crippen LogP contribution < -0.4 is 0 Å². The minimum atomic E-state index is -1.50. The van der Waals surface area contributed by atoms with Crippen LogP contribution in [-0.4, -0.2) is 163 Å². The van der Waals surface area contributed by atoms with Crippen molar-refractivity contribution in [3.8, 4) is 0 Å². The number of methoxy groups -OCH3 is 1. The Morgan fingerprint density at radius 2 is 1.67 bits per heavy atom. The molecule has 0 radical (unpaired) electrons. The first-order chi connectivity index (χ1) is 28.2. The number of carbonyl (C=O) groups excluding carboxylic acids is 4. The summed E-state index contributed by atoms with van der Waals surface area (Å²) in [6.07, 6.45) is -8.08. The van der Waals surface area contributed by atoms with Gasteiger partial charge in [0.1, 0.15) is 48.5 Å². The zero-order valence-corrected chi connectivity index (χ0v) is 37.2. The highest BCUT2D eigenvalue weighted by molar-refractivity contribution is 5.72. The highest BCUT2D eigenvalue weighted by atomic mass is 16.7. The van der Waals surface area contributed by atoms with Gasteiger partial charge in [-0.1, -0.05) is 39.8 Å². The molecule has 3 N–H and O–H groups in total. The quantitative estimate of drug-likeness (QED) is 0.0797. The number of likely N-dealkylation sites (N-methyl/N-ethyl adjacent to an activating group) is 1. The molecule has 0 aromatic rings. The Kier molecular flexibility index (Phi) is 18.5. The lowest BCUT2D eigenvalue weighted by Crippen LogP contribution is -2.66. The van der Waals surface area contributed by atoms with Gasteiger partial charge in [0.15, 0.2) is 18.7 Å². The van der Waals surface area contributed by atoms with Crippen LogP contribution in [0.3, 0.4) is 0 Å². The Balaban J connectivity index is 1.65. The van der Waals surface area contributed by atoms with Crippen LogP contribution in [0.25, 0.3) is 0 Å². The number of fused-ring (bicyclic) bond motifs is 1. The molecule has 3 saturated heterocycles. The molecule has 4 heterocycles. The van der Waals surface area contributed by atoms with E-state index in [0.29, 0.717) is 6.42 Å². The van der Waals surface area contributed by atoms with E-state index < -0.39 is 121 Å². The van der Waals surface area contributed by atoms with Crippen molar-refractivity contribution in [2.45, 2.75) is 198 Å². The van der Waals surface area contributed by atoms with Gasteiger partial charge in [-0.2, -0.15) is 0 Å². The van der Waals surface area contributed by atoms with Crippen molar-refractivity contribution in [1.29, 1.82) is 0 Å². The fourth-order valence-corrected chi connectivity index (χ4v) is 8.66. The molecule has 344 valence electrons. The summed E-state index contributed by atoms with van der Waals surface area (Å²) in [5.74, 6) is -2.76. The van der Waals surface area contributed by atoms with E-state index in [1.807, 2.05) is 20.8 Å². The minimum Gasteiger partial charge on any atom is -0.462 e. The third-order valence-corrected chi connectivity index (χ3v) is 11.8. The predicted molar refractivity (Wildman–Crippen MR) is 214 cm³/mol. The first-order valence-corrected chi connectivity index (χ1v) is 21.4. The Hall–Kier alpha value is -2.58. The molecule has 0 saturated carbocycles. The molecule has 60 heavy (non-hydrogen) atoms. The third kappa shape index (κ3) is 13.5. The second-order valence-electron chi connectivity index (χ2n) is 17.9. The van der Waals surface area contributed by atoms with Crippen LogP contribution in [0.4, 0.5) is 0 Å². The van der Waals surface area contributed by atoms with Gasteiger partial charge < -0.3 is 67.6 Å². The van der Waals surface area contributed by atoms with E-state index >= 15 is 0 Å². The van der Waals surface area contributed by atoms with Gasteiger partial charge in [0.2, 0.25) is 0 Å². The molecule has 3 fully saturated rings. The van der Waals surface area contributed by atoms with Crippen molar-refractivity contribution in [2.24, 2.45) is 17.8 Å². The standard InChI is InChI=1S/C43H71NO16/c1-12-32(47)57-31-20-34(49)53-24(5)19-30-29(56-30)14-13-28(46)23(4)18-27(15-16-45)39(40(31)52-11)60-42-37(50)36(44(9)10)38(25(6)55-42)59-35-21-43(8,51)41(26(7)54-35)58-33(48)17-22(2)3/h13-14,16,22-31,35-42,46,50-51H,12,15,17-21H2,1-11H3/b14-13-. The Labute approximate surface area is 354 Å². The molecule has 4 aliphatic rings. The summed E-state index contributed by atoms with van der Waals surface area (Å²) >= 11 is 0. The van der Waals surface area contributed by atoms with Crippen molar-refractivity contribution in [3.05, 3.63) is 12.2 Å². The number of esters is 3. The number of aliphatic hydroxyl groups is 3. The van der Waals surface area contributed by atoms with Crippen LogP contribution in [0, 0.1) is 17.8 Å². The summed E-state index contributed by atoms with van der Waals surface area (Å²) < 4.78 is 54.7. The monoisotopic (exact) mass is 857 g/mol. The minimum absolute atomic E-state index is 0.00559. The molecule has 0 aromatic carbocycles. The maximum atomic E-state index is 13.4. The lowest BCUT2D eigenvalue weighted by molar-refractivity contribution is -0.344. The molecule has 0 aromatic heterocycles. The SMILES string of the molecule is CCC(=O)OC1CC(=O)OC(C)CC2OC2/C=C\C(O)C(C)CC(CC=O)C(OC2OC(C)C(OC3CC(C)(O)C(OC(=O)CC(C)C)C(C)O3)C(N(C)C)C2O)C1OC. The topological polar surface area (TPSA) is 219 Å². The van der Waals surface area contributed by atoms with Crippen molar-refractivity contribution in [2.75, 3.05) is 21.2 Å². The van der Waals surface area contributed by atoms with Gasteiger partial charge in [-0.3, -0.25) is 14.4 Å². The molecule has 0 spiro atoms. The summed E-state index contributed by atoms with van der Waals surface area (Å²) in [5.41, 5.74) is -1.50. The summed E-state index contributed by atoms with van der Waals surface area (Å²) in [7, 11) is 4.87. The molecule has 18 atom stereocenters. The molecule has 17 nitrogen and oxygen atoms in total. The fourth-order valence-electron chi connectivity index (χ4n) is 8.66. The van der Waals surface area contributed by atoms with Crippen LogP contribution in [0.5, 0.6) is 0 Å². The summed E-state index contributed by atoms with van der Waals surface area (Å²) in [4.78, 5) is 53.0. The number of aldehydes is 1. The molecular weight excluding hydrogens is 786 g/mol. The van der Waals surface area contributed by atoms with Crippen molar-refractivity contribution in [1.82, 2.24) is 4.90 Å². The summed E-state index contributed by atoms with van der Waals surface area (Å²) in [6.45, 7) is 14.0. The van der Waals surface area contributed by atoms with Gasteiger partial charge in [0.05, 0.1) is 43.0 Å². The van der Waals surface area contributed by atoms with Crippen LogP contribution >= 0.6 is 0 Å². The molecular formula is C43H71NO16. The molecule has 0 bridgehead atoms. The second-order valence-corrected chi connectivity index (χ2v) is 17.9. The van der Waals surface area contributed by atoms with Crippen molar-refractivity contribution in [3.63, 3.8) is 0 Å². The molecule has 4 rings (SSSR count). The predicted octanol–water partition coefficient (Wildman–Crippen LogP) is 2.61. The van der Waals surface area contributed by atoms with Gasteiger partial charge in [0, 0.05) is 39.2 Å². The van der Waals surface area contributed by atoms with E-state index in [2.05, 4.69) is 0 Å². The lowest BCUT2D eigenvalue weighted by atomic mass is 9.82. The molecule has 18 unspecified atom stereocenters. The van der Waals surface area contributed by atoms with Gasteiger partial charge in [-0.25, -0.2) is 0 Å². The maximum Gasteiger partial charge on any atom is 0.309 e. The lowest BCUT2D eigenvalue weighted by Gasteiger charge is -2.50. The molecule has 17 heteroatoms. The number of nitrogens with zero attached hydrogens (tertiary/aromatic N) is 1. The summed E-state index contributed by atoms with van der Waals surface area (Å²) in [6, 6.07) is -0.787. The van der Waals surface area contributed by atoms with Gasteiger partial charge in [0.25, 0.3) is 0 Å². The zero-order valence-electron chi connectivity index (χ0n) is 37.2. The van der Waals surface area contributed by atoms with Crippen molar-refractivity contribution >= 4 is 24.2 Å². The number of aliphatic hydroxyl groups excluding tert-OH is 2. The zero-order chi connectivity index (χ0) is 44.6. The average molecular weight is 858 g/mol. The number of rotatable bonds is 13. The largest absolute Gasteiger partial charge is 0.462 e. The number of epoxide rings is 1. The Morgan fingerprint density at radius 1 is 0.967 bits per heavy atom. The van der Waals surface area contributed by atoms with Gasteiger partial charge in [-0.15, -0.1) is 0 Å². The third-order valence-electron chi connectivity index (χ3n) is 11.8. The highest BCUT2D eigenvalue weighted by Gasteiger charge is 2.53. The summed E-state index contributed by atoms with van der Waals surface area (Å²) in [5, 5.41) is 34.8. The van der Waals surface area contributed by atoms with Crippen LogP contribution in [0.2, 0.25) is 0 Å². The smallest absolute Gasteiger partial charge is 0.309 e. The van der Waals surface area contributed by atoms with E-state index in [4.69, 9.17) is 42.6 Å². The van der Waals surface area contributed by atoms with Crippen LogP contribution in [-0.2, 0) is 61.8 Å². The van der Waals surface area contributed by atoms with Crippen LogP contribution in [0.15, 0.2) is 12.2 Å². The number of hydrogen-bond donors (Lipinski definition) is 3. The number of ether oxygens (including phenoxy) is 9. The number of carbonyl (C=O) groups is 4. The van der Waals surface area contributed by atoms with E-state index in [9.17, 15) is 34.5 Å². The highest BCUT2D eigenvalue weighted by Crippen LogP contribution is 2.38.